The number of anilines is 1. The highest BCUT2D eigenvalue weighted by Crippen LogP contribution is 2.39. The van der Waals surface area contributed by atoms with Gasteiger partial charge in [0.25, 0.3) is 0 Å². The first kappa shape index (κ1) is 12.9. The molecular formula is C13H10N4OS2. The van der Waals surface area contributed by atoms with E-state index in [1.54, 1.807) is 6.20 Å². The Bertz CT molecular complexity index is 735. The monoisotopic (exact) mass is 302 g/mol. The Morgan fingerprint density at radius 2 is 2.20 bits per heavy atom. The number of nitrogen functional groups attached to an aromatic ring is 1. The van der Waals surface area contributed by atoms with E-state index in [0.29, 0.717) is 14.9 Å². The molecule has 1 aromatic carbocycles. The smallest absolute Gasteiger partial charge is 0.202 e. The quantitative estimate of drug-likeness (QED) is 0.460. The number of thioether (sulfide) groups is 1. The lowest BCUT2D eigenvalue weighted by atomic mass is 10.1. The number of rotatable bonds is 3. The van der Waals surface area contributed by atoms with Gasteiger partial charge in [-0.25, -0.2) is 4.98 Å². The Morgan fingerprint density at radius 1 is 1.40 bits per heavy atom. The molecule has 0 unspecified atom stereocenters. The zero-order chi connectivity index (χ0) is 14.1. The highest BCUT2D eigenvalue weighted by atomic mass is 32.2. The molecule has 0 atom stereocenters. The predicted octanol–water partition coefficient (Wildman–Crippen LogP) is 2.67. The van der Waals surface area contributed by atoms with Crippen LogP contribution < -0.4 is 11.1 Å². The second-order valence-electron chi connectivity index (χ2n) is 4.02. The van der Waals surface area contributed by atoms with Crippen molar-refractivity contribution < 1.29 is 4.79 Å². The van der Waals surface area contributed by atoms with Crippen molar-refractivity contribution in [3.63, 3.8) is 0 Å². The molecule has 0 bridgehead atoms. The third-order valence-electron chi connectivity index (χ3n) is 2.67. The minimum absolute atomic E-state index is 0.0121. The number of nitrogens with two attached hydrogens (primary N) is 1. The van der Waals surface area contributed by atoms with Crippen LogP contribution in [-0.4, -0.2) is 16.6 Å². The van der Waals surface area contributed by atoms with Crippen molar-refractivity contribution in [3.05, 3.63) is 52.0 Å². The van der Waals surface area contributed by atoms with Crippen molar-refractivity contribution in [2.45, 2.75) is 4.90 Å². The number of hydrogen-bond donors (Lipinski definition) is 3. The summed E-state index contributed by atoms with van der Waals surface area (Å²) in [4.78, 5) is 18.4. The SMILES string of the molecule is N=C(N)c1cnc(N/C=C2\Sc3ccccc3C2=O)s1. The van der Waals surface area contributed by atoms with Gasteiger partial charge in [-0.15, -0.1) is 0 Å². The van der Waals surface area contributed by atoms with E-state index in [1.165, 1.54) is 29.3 Å². The van der Waals surface area contributed by atoms with Crippen molar-refractivity contribution >= 4 is 39.8 Å². The lowest BCUT2D eigenvalue weighted by Gasteiger charge is -1.96. The summed E-state index contributed by atoms with van der Waals surface area (Å²) in [6.45, 7) is 0. The van der Waals surface area contributed by atoms with Crippen LogP contribution in [0.15, 0.2) is 46.5 Å². The van der Waals surface area contributed by atoms with Gasteiger partial charge in [0, 0.05) is 16.7 Å². The van der Waals surface area contributed by atoms with Crippen molar-refractivity contribution in [1.82, 2.24) is 4.98 Å². The van der Waals surface area contributed by atoms with Crippen LogP contribution in [0.3, 0.4) is 0 Å². The van der Waals surface area contributed by atoms with Crippen LogP contribution in [-0.2, 0) is 0 Å². The largest absolute Gasteiger partial charge is 0.383 e. The van der Waals surface area contributed by atoms with E-state index in [1.807, 2.05) is 24.3 Å². The number of aromatic nitrogens is 1. The van der Waals surface area contributed by atoms with Gasteiger partial charge in [-0.3, -0.25) is 10.2 Å². The van der Waals surface area contributed by atoms with Gasteiger partial charge in [0.2, 0.25) is 5.78 Å². The van der Waals surface area contributed by atoms with Gasteiger partial charge in [-0.05, 0) is 12.1 Å². The molecule has 1 aliphatic heterocycles. The number of carbonyl (C=O) groups is 1. The summed E-state index contributed by atoms with van der Waals surface area (Å²) in [6, 6.07) is 7.52. The van der Waals surface area contributed by atoms with E-state index in [0.717, 1.165) is 10.5 Å². The summed E-state index contributed by atoms with van der Waals surface area (Å²) in [5.41, 5.74) is 6.11. The normalized spacial score (nSPS) is 15.4. The Balaban J connectivity index is 1.78. The molecule has 0 aliphatic carbocycles. The number of carbonyl (C=O) groups excluding carboxylic acids is 1. The van der Waals surface area contributed by atoms with E-state index in [2.05, 4.69) is 10.3 Å². The highest BCUT2D eigenvalue weighted by Gasteiger charge is 2.25. The van der Waals surface area contributed by atoms with Gasteiger partial charge >= 0.3 is 0 Å². The molecule has 100 valence electrons. The lowest BCUT2D eigenvalue weighted by molar-refractivity contribution is 0.104. The number of benzene rings is 1. The molecule has 0 fully saturated rings. The molecule has 7 heteroatoms. The molecule has 20 heavy (non-hydrogen) atoms. The molecule has 0 saturated carbocycles. The summed E-state index contributed by atoms with van der Waals surface area (Å²) in [6.07, 6.45) is 3.18. The van der Waals surface area contributed by atoms with E-state index in [9.17, 15) is 4.79 Å². The minimum atomic E-state index is -0.0121. The van der Waals surface area contributed by atoms with Gasteiger partial charge in [0.05, 0.1) is 16.0 Å². The Kier molecular flexibility index (Phi) is 3.29. The maximum Gasteiger partial charge on any atom is 0.202 e. The van der Waals surface area contributed by atoms with E-state index < -0.39 is 0 Å². The van der Waals surface area contributed by atoms with E-state index in [-0.39, 0.29) is 11.6 Å². The van der Waals surface area contributed by atoms with Gasteiger partial charge in [-0.2, -0.15) is 0 Å². The second-order valence-corrected chi connectivity index (χ2v) is 6.14. The van der Waals surface area contributed by atoms with Gasteiger partial charge in [0.1, 0.15) is 5.84 Å². The molecular weight excluding hydrogens is 292 g/mol. The lowest BCUT2D eigenvalue weighted by Crippen LogP contribution is -2.08. The number of nitrogens with zero attached hydrogens (tertiary/aromatic N) is 1. The van der Waals surface area contributed by atoms with Crippen LogP contribution >= 0.6 is 23.1 Å². The van der Waals surface area contributed by atoms with Crippen LogP contribution in [0.4, 0.5) is 5.13 Å². The van der Waals surface area contributed by atoms with Gasteiger partial charge in [-0.1, -0.05) is 35.2 Å². The number of allylic oxidation sites excluding steroid dienone is 1. The number of nitrogens with one attached hydrogen (secondary N) is 2. The van der Waals surface area contributed by atoms with Crippen molar-refractivity contribution in [3.8, 4) is 0 Å². The molecule has 0 radical (unpaired) electrons. The number of amidine groups is 1. The summed E-state index contributed by atoms with van der Waals surface area (Å²) >= 11 is 2.71. The second kappa shape index (κ2) is 5.10. The third-order valence-corrected chi connectivity index (χ3v) is 4.73. The van der Waals surface area contributed by atoms with E-state index >= 15 is 0 Å². The maximum absolute atomic E-state index is 12.1. The fourth-order valence-corrected chi connectivity index (χ4v) is 3.35. The number of fused-ring (bicyclic) bond motifs is 1. The average Bonchev–Trinajstić information content (AvgIpc) is 3.03. The van der Waals surface area contributed by atoms with Crippen LogP contribution in [0.1, 0.15) is 15.2 Å². The molecule has 1 aliphatic rings. The molecule has 2 heterocycles. The Morgan fingerprint density at radius 3 is 2.90 bits per heavy atom. The summed E-state index contributed by atoms with van der Waals surface area (Å²) in [5.74, 6) is 0.00312. The summed E-state index contributed by atoms with van der Waals surface area (Å²) < 4.78 is 0. The molecule has 5 nitrogen and oxygen atoms in total. The first-order chi connectivity index (χ1) is 9.65. The predicted molar refractivity (Wildman–Crippen MR) is 81.5 cm³/mol. The summed E-state index contributed by atoms with van der Waals surface area (Å²) in [5, 5.41) is 10.9. The van der Waals surface area contributed by atoms with Gasteiger partial charge in [0.15, 0.2) is 5.13 Å². The van der Waals surface area contributed by atoms with Crippen molar-refractivity contribution in [1.29, 1.82) is 5.41 Å². The molecule has 1 aromatic heterocycles. The fraction of sp³-hybridized carbons (Fsp3) is 0. The van der Waals surface area contributed by atoms with Crippen molar-refractivity contribution in [2.75, 3.05) is 5.32 Å². The first-order valence-electron chi connectivity index (χ1n) is 5.73. The van der Waals surface area contributed by atoms with E-state index in [4.69, 9.17) is 11.1 Å². The number of hydrogen-bond acceptors (Lipinski definition) is 6. The molecule has 0 saturated heterocycles. The third kappa shape index (κ3) is 2.33. The zero-order valence-corrected chi connectivity index (χ0v) is 11.8. The number of thiazole rings is 1. The fourth-order valence-electron chi connectivity index (χ4n) is 1.73. The highest BCUT2D eigenvalue weighted by molar-refractivity contribution is 8.04. The summed E-state index contributed by atoms with van der Waals surface area (Å²) in [7, 11) is 0. The minimum Gasteiger partial charge on any atom is -0.383 e. The Labute approximate surface area is 123 Å². The number of ketones is 1. The molecule has 0 amide bonds. The molecule has 2 aromatic rings. The van der Waals surface area contributed by atoms with Crippen LogP contribution in [0, 0.1) is 5.41 Å². The van der Waals surface area contributed by atoms with Crippen LogP contribution in [0.25, 0.3) is 0 Å². The van der Waals surface area contributed by atoms with Gasteiger partial charge < -0.3 is 11.1 Å². The molecule has 0 spiro atoms. The standard InChI is InChI=1S/C13H10N4OS2/c14-12(15)10-6-17-13(20-10)16-5-9-11(18)7-3-1-2-4-8(7)19-9/h1-6H,(H3,14,15)(H,16,17)/b9-5-. The maximum atomic E-state index is 12.1. The molecule has 4 N–H and O–H groups in total. The number of Topliss-reactive ketones (excluding diaryl/α,β-unsaturated/α-hetero) is 1. The Hall–Kier alpha value is -2.12. The molecule has 3 rings (SSSR count). The topological polar surface area (TPSA) is 91.9 Å². The van der Waals surface area contributed by atoms with Crippen LogP contribution in [0.2, 0.25) is 0 Å². The average molecular weight is 302 g/mol. The first-order valence-corrected chi connectivity index (χ1v) is 7.37. The van der Waals surface area contributed by atoms with Crippen LogP contribution in [0.5, 0.6) is 0 Å². The van der Waals surface area contributed by atoms with Crippen molar-refractivity contribution in [2.24, 2.45) is 5.73 Å². The zero-order valence-electron chi connectivity index (χ0n) is 10.2.